The van der Waals surface area contributed by atoms with Gasteiger partial charge in [0.2, 0.25) is 5.82 Å². The average molecular weight is 249 g/mol. The molecule has 1 rings (SSSR count). The minimum atomic E-state index is -0.945. The van der Waals surface area contributed by atoms with Crippen LogP contribution in [-0.2, 0) is 0 Å². The lowest BCUT2D eigenvalue weighted by Crippen LogP contribution is -1.93. The first-order valence-corrected chi connectivity index (χ1v) is 4.11. The molecule has 70 valence electrons. The molecule has 0 heterocycles. The summed E-state index contributed by atoms with van der Waals surface area (Å²) in [4.78, 5) is 10.3. The highest BCUT2D eigenvalue weighted by atomic mass is 79.9. The minimum Gasteiger partial charge on any atom is -0.504 e. The Hall–Kier alpha value is -1.10. The van der Waals surface area contributed by atoms with Crippen molar-refractivity contribution >= 4 is 22.2 Å². The normalized spacial score (nSPS) is 9.77. The predicted molar refractivity (Wildman–Crippen MR) is 47.7 cm³/mol. The van der Waals surface area contributed by atoms with Gasteiger partial charge in [-0.25, -0.2) is 0 Å². The highest BCUT2D eigenvalue weighted by Gasteiger charge is 2.16. The summed E-state index contributed by atoms with van der Waals surface area (Å²) in [7, 11) is 1.27. The molecule has 0 radical (unpaired) electrons. The number of phenols is 1. The maximum atomic E-state index is 13.1. The van der Waals surface area contributed by atoms with Crippen LogP contribution < -0.4 is 4.74 Å². The molecule has 1 aromatic carbocycles. The molecule has 0 saturated carbocycles. The summed E-state index contributed by atoms with van der Waals surface area (Å²) in [5.74, 6) is -1.77. The number of halogens is 2. The molecular formula is C8H6BrFO3. The maximum Gasteiger partial charge on any atom is 0.208 e. The molecule has 0 saturated heterocycles. The van der Waals surface area contributed by atoms with E-state index in [1.165, 1.54) is 13.2 Å². The number of carbonyl (C=O) groups excluding carboxylic acids is 1. The number of carbonyl (C=O) groups is 1. The van der Waals surface area contributed by atoms with E-state index in [9.17, 15) is 9.18 Å². The van der Waals surface area contributed by atoms with Gasteiger partial charge in [-0.15, -0.1) is 0 Å². The zero-order chi connectivity index (χ0) is 10.0. The third kappa shape index (κ3) is 1.65. The first kappa shape index (κ1) is 9.98. The smallest absolute Gasteiger partial charge is 0.208 e. The number of phenolic OH excluding ortho intramolecular Hbond substituents is 1. The van der Waals surface area contributed by atoms with Crippen LogP contribution in [-0.4, -0.2) is 18.5 Å². The van der Waals surface area contributed by atoms with Crippen LogP contribution in [0, 0.1) is 5.82 Å². The SMILES string of the molecule is COc1c(Br)cc(C=O)c(O)c1F. The first-order chi connectivity index (χ1) is 6.11. The Morgan fingerprint density at radius 1 is 1.69 bits per heavy atom. The molecule has 0 aromatic heterocycles. The molecule has 0 fully saturated rings. The zero-order valence-corrected chi connectivity index (χ0v) is 8.26. The second-order valence-electron chi connectivity index (χ2n) is 2.26. The van der Waals surface area contributed by atoms with Crippen LogP contribution in [0.15, 0.2) is 10.5 Å². The molecule has 0 amide bonds. The zero-order valence-electron chi connectivity index (χ0n) is 6.67. The van der Waals surface area contributed by atoms with Crippen molar-refractivity contribution in [1.29, 1.82) is 0 Å². The molecular weight excluding hydrogens is 243 g/mol. The Morgan fingerprint density at radius 3 is 2.77 bits per heavy atom. The van der Waals surface area contributed by atoms with E-state index in [0.29, 0.717) is 6.29 Å². The van der Waals surface area contributed by atoms with Crippen LogP contribution in [0.25, 0.3) is 0 Å². The van der Waals surface area contributed by atoms with E-state index < -0.39 is 11.6 Å². The van der Waals surface area contributed by atoms with Gasteiger partial charge in [0.1, 0.15) is 0 Å². The lowest BCUT2D eigenvalue weighted by atomic mass is 10.2. The molecule has 0 unspecified atom stereocenters. The van der Waals surface area contributed by atoms with E-state index in [1.807, 2.05) is 0 Å². The van der Waals surface area contributed by atoms with Crippen molar-refractivity contribution in [3.63, 3.8) is 0 Å². The van der Waals surface area contributed by atoms with Crippen LogP contribution in [0.5, 0.6) is 11.5 Å². The lowest BCUT2D eigenvalue weighted by Gasteiger charge is -2.07. The van der Waals surface area contributed by atoms with Crippen LogP contribution >= 0.6 is 15.9 Å². The fraction of sp³-hybridized carbons (Fsp3) is 0.125. The standard InChI is InChI=1S/C8H6BrFO3/c1-13-8-5(9)2-4(3-11)7(12)6(8)10/h2-3,12H,1H3. The fourth-order valence-electron chi connectivity index (χ4n) is 0.886. The van der Waals surface area contributed by atoms with Crippen molar-refractivity contribution < 1.29 is 19.0 Å². The highest BCUT2D eigenvalue weighted by molar-refractivity contribution is 9.10. The Bertz CT molecular complexity index is 352. The van der Waals surface area contributed by atoms with Gasteiger partial charge in [0.05, 0.1) is 17.1 Å². The lowest BCUT2D eigenvalue weighted by molar-refractivity contribution is 0.112. The van der Waals surface area contributed by atoms with Gasteiger partial charge in [0.25, 0.3) is 0 Å². The van der Waals surface area contributed by atoms with E-state index in [2.05, 4.69) is 20.7 Å². The van der Waals surface area contributed by atoms with Crippen molar-refractivity contribution in [3.8, 4) is 11.5 Å². The topological polar surface area (TPSA) is 46.5 Å². The summed E-state index contributed by atoms with van der Waals surface area (Å²) in [6, 6.07) is 1.28. The Labute approximate surface area is 82.3 Å². The van der Waals surface area contributed by atoms with Crippen LogP contribution in [0.4, 0.5) is 4.39 Å². The first-order valence-electron chi connectivity index (χ1n) is 3.32. The van der Waals surface area contributed by atoms with Crippen molar-refractivity contribution in [2.45, 2.75) is 0 Å². The quantitative estimate of drug-likeness (QED) is 0.816. The number of rotatable bonds is 2. The molecule has 0 aliphatic heterocycles. The third-order valence-corrected chi connectivity index (χ3v) is 2.10. The minimum absolute atomic E-state index is 0.120. The third-order valence-electron chi connectivity index (χ3n) is 1.51. The van der Waals surface area contributed by atoms with Gasteiger partial charge in [-0.05, 0) is 22.0 Å². The number of ether oxygens (including phenoxy) is 1. The molecule has 1 aromatic rings. The number of hydrogen-bond acceptors (Lipinski definition) is 3. The monoisotopic (exact) mass is 248 g/mol. The molecule has 13 heavy (non-hydrogen) atoms. The number of benzene rings is 1. The van der Waals surface area contributed by atoms with E-state index in [1.54, 1.807) is 0 Å². The summed E-state index contributed by atoms with van der Waals surface area (Å²) >= 11 is 3.00. The number of hydrogen-bond donors (Lipinski definition) is 1. The molecule has 0 atom stereocenters. The average Bonchev–Trinajstić information content (AvgIpc) is 2.12. The number of aldehydes is 1. The van der Waals surface area contributed by atoms with Gasteiger partial charge in [-0.1, -0.05) is 0 Å². The molecule has 0 aliphatic carbocycles. The summed E-state index contributed by atoms with van der Waals surface area (Å²) < 4.78 is 18.1. The summed E-state index contributed by atoms with van der Waals surface area (Å²) in [6.45, 7) is 0. The molecule has 0 aliphatic rings. The van der Waals surface area contributed by atoms with Crippen molar-refractivity contribution in [3.05, 3.63) is 21.9 Å². The number of aromatic hydroxyl groups is 1. The second-order valence-corrected chi connectivity index (χ2v) is 3.12. The van der Waals surface area contributed by atoms with Gasteiger partial charge < -0.3 is 9.84 Å². The summed E-state index contributed by atoms with van der Waals surface area (Å²) in [6.07, 6.45) is 0.364. The molecule has 0 bridgehead atoms. The summed E-state index contributed by atoms with van der Waals surface area (Å²) in [5, 5.41) is 9.13. The Morgan fingerprint density at radius 2 is 2.31 bits per heavy atom. The van der Waals surface area contributed by atoms with E-state index in [0.717, 1.165) is 0 Å². The van der Waals surface area contributed by atoms with E-state index in [-0.39, 0.29) is 15.8 Å². The molecule has 5 heteroatoms. The van der Waals surface area contributed by atoms with Crippen molar-refractivity contribution in [2.75, 3.05) is 7.11 Å². The second kappa shape index (κ2) is 3.74. The molecule has 0 spiro atoms. The van der Waals surface area contributed by atoms with Gasteiger partial charge in [-0.2, -0.15) is 4.39 Å². The van der Waals surface area contributed by atoms with Gasteiger partial charge in [0.15, 0.2) is 17.8 Å². The van der Waals surface area contributed by atoms with Gasteiger partial charge in [-0.3, -0.25) is 4.79 Å². The summed E-state index contributed by atoms with van der Waals surface area (Å²) in [5.41, 5.74) is -0.120. The number of methoxy groups -OCH3 is 1. The predicted octanol–water partition coefficient (Wildman–Crippen LogP) is 2.11. The highest BCUT2D eigenvalue weighted by Crippen LogP contribution is 2.35. The fourth-order valence-corrected chi connectivity index (χ4v) is 1.47. The van der Waals surface area contributed by atoms with Gasteiger partial charge >= 0.3 is 0 Å². The Kier molecular flexibility index (Phi) is 2.87. The largest absolute Gasteiger partial charge is 0.504 e. The van der Waals surface area contributed by atoms with Crippen LogP contribution in [0.3, 0.4) is 0 Å². The van der Waals surface area contributed by atoms with Crippen LogP contribution in [0.2, 0.25) is 0 Å². The molecule has 3 nitrogen and oxygen atoms in total. The molecule has 1 N–H and O–H groups in total. The maximum absolute atomic E-state index is 13.1. The van der Waals surface area contributed by atoms with Crippen molar-refractivity contribution in [1.82, 2.24) is 0 Å². The van der Waals surface area contributed by atoms with Crippen molar-refractivity contribution in [2.24, 2.45) is 0 Å². The van der Waals surface area contributed by atoms with Crippen LogP contribution in [0.1, 0.15) is 10.4 Å². The van der Waals surface area contributed by atoms with E-state index in [4.69, 9.17) is 5.11 Å². The Balaban J connectivity index is 3.45. The van der Waals surface area contributed by atoms with E-state index >= 15 is 0 Å². The van der Waals surface area contributed by atoms with Gasteiger partial charge in [0, 0.05) is 0 Å².